The molecule has 3 aromatic rings. The lowest BCUT2D eigenvalue weighted by atomic mass is 10.0. The van der Waals surface area contributed by atoms with Gasteiger partial charge in [-0.05, 0) is 25.1 Å². The molecule has 1 fully saturated rings. The highest BCUT2D eigenvalue weighted by atomic mass is 16.3. The highest BCUT2D eigenvalue weighted by Crippen LogP contribution is 2.30. The summed E-state index contributed by atoms with van der Waals surface area (Å²) in [6.07, 6.45) is 3.40. The number of furan rings is 1. The Labute approximate surface area is 149 Å². The molecule has 26 heavy (non-hydrogen) atoms. The SMILES string of the molecule is CC(=O)NC1CN(C(=O)c2cc3ncccn3n2)CC1c1ccc(C)o1. The fraction of sp³-hybridized carbons (Fsp3) is 0.333. The minimum atomic E-state index is -0.197. The molecule has 8 heteroatoms. The van der Waals surface area contributed by atoms with E-state index in [2.05, 4.69) is 15.4 Å². The molecule has 4 rings (SSSR count). The topological polar surface area (TPSA) is 92.7 Å². The Kier molecular flexibility index (Phi) is 3.95. The van der Waals surface area contributed by atoms with Crippen molar-refractivity contribution >= 4 is 17.5 Å². The van der Waals surface area contributed by atoms with Gasteiger partial charge in [-0.15, -0.1) is 0 Å². The molecular formula is C18H19N5O3. The van der Waals surface area contributed by atoms with Crippen molar-refractivity contribution in [2.45, 2.75) is 25.8 Å². The van der Waals surface area contributed by atoms with Gasteiger partial charge in [-0.25, -0.2) is 9.50 Å². The quantitative estimate of drug-likeness (QED) is 0.768. The summed E-state index contributed by atoms with van der Waals surface area (Å²) < 4.78 is 7.31. The van der Waals surface area contributed by atoms with E-state index < -0.39 is 0 Å². The molecule has 1 aliphatic rings. The van der Waals surface area contributed by atoms with Crippen LogP contribution in [0.25, 0.3) is 5.65 Å². The van der Waals surface area contributed by atoms with E-state index in [-0.39, 0.29) is 23.8 Å². The molecule has 8 nitrogen and oxygen atoms in total. The van der Waals surface area contributed by atoms with Crippen molar-refractivity contribution in [3.63, 3.8) is 0 Å². The van der Waals surface area contributed by atoms with Gasteiger partial charge in [0, 0.05) is 38.5 Å². The summed E-state index contributed by atoms with van der Waals surface area (Å²) in [5, 5.41) is 7.23. The lowest BCUT2D eigenvalue weighted by molar-refractivity contribution is -0.119. The molecule has 1 N–H and O–H groups in total. The second-order valence-electron chi connectivity index (χ2n) is 6.52. The number of carbonyl (C=O) groups excluding carboxylic acids is 2. The van der Waals surface area contributed by atoms with E-state index in [1.165, 1.54) is 6.92 Å². The van der Waals surface area contributed by atoms with E-state index in [1.54, 1.807) is 33.9 Å². The van der Waals surface area contributed by atoms with Crippen LogP contribution in [0.4, 0.5) is 0 Å². The smallest absolute Gasteiger partial charge is 0.274 e. The molecule has 0 radical (unpaired) electrons. The predicted octanol–water partition coefficient (Wildman–Crippen LogP) is 1.38. The zero-order chi connectivity index (χ0) is 18.3. The number of aromatic nitrogens is 3. The molecule has 1 saturated heterocycles. The number of fused-ring (bicyclic) bond motifs is 1. The Morgan fingerprint density at radius 2 is 2.15 bits per heavy atom. The molecule has 0 saturated carbocycles. The van der Waals surface area contributed by atoms with Gasteiger partial charge in [0.2, 0.25) is 5.91 Å². The largest absolute Gasteiger partial charge is 0.466 e. The summed E-state index contributed by atoms with van der Waals surface area (Å²) in [6, 6.07) is 7.01. The van der Waals surface area contributed by atoms with Crippen LogP contribution in [0.1, 0.15) is 34.9 Å². The monoisotopic (exact) mass is 353 g/mol. The fourth-order valence-corrected chi connectivity index (χ4v) is 3.41. The number of hydrogen-bond donors (Lipinski definition) is 1. The van der Waals surface area contributed by atoms with Crippen molar-refractivity contribution in [1.82, 2.24) is 24.8 Å². The fourth-order valence-electron chi connectivity index (χ4n) is 3.41. The third kappa shape index (κ3) is 2.94. The van der Waals surface area contributed by atoms with Crippen LogP contribution in [-0.2, 0) is 4.79 Å². The summed E-state index contributed by atoms with van der Waals surface area (Å²) in [5.41, 5.74) is 0.952. The van der Waals surface area contributed by atoms with Crippen LogP contribution in [0.15, 0.2) is 41.1 Å². The van der Waals surface area contributed by atoms with Gasteiger partial charge in [-0.3, -0.25) is 9.59 Å². The van der Waals surface area contributed by atoms with Gasteiger partial charge < -0.3 is 14.6 Å². The third-order valence-corrected chi connectivity index (χ3v) is 4.58. The first kappa shape index (κ1) is 16.3. The average molecular weight is 353 g/mol. The second-order valence-corrected chi connectivity index (χ2v) is 6.52. The minimum Gasteiger partial charge on any atom is -0.466 e. The molecule has 1 aliphatic heterocycles. The predicted molar refractivity (Wildman–Crippen MR) is 92.7 cm³/mol. The number of carbonyl (C=O) groups is 2. The van der Waals surface area contributed by atoms with Gasteiger partial charge in [0.05, 0.1) is 12.0 Å². The minimum absolute atomic E-state index is 0.0910. The molecule has 0 bridgehead atoms. The Bertz CT molecular complexity index is 943. The van der Waals surface area contributed by atoms with E-state index in [1.807, 2.05) is 19.1 Å². The maximum absolute atomic E-state index is 12.9. The van der Waals surface area contributed by atoms with Gasteiger partial charge in [-0.2, -0.15) is 5.10 Å². The van der Waals surface area contributed by atoms with Crippen molar-refractivity contribution in [2.75, 3.05) is 13.1 Å². The lowest BCUT2D eigenvalue weighted by Gasteiger charge is -2.16. The Morgan fingerprint density at radius 1 is 1.31 bits per heavy atom. The second kappa shape index (κ2) is 6.29. The number of rotatable bonds is 3. The molecular weight excluding hydrogens is 334 g/mol. The van der Waals surface area contributed by atoms with Crippen LogP contribution in [0.3, 0.4) is 0 Å². The van der Waals surface area contributed by atoms with Gasteiger partial charge in [0.15, 0.2) is 11.3 Å². The standard InChI is InChI=1S/C18H19N5O3/c1-11-4-5-16(26-11)13-9-22(10-15(13)20-12(2)24)18(25)14-8-17-19-6-3-7-23(17)21-14/h3-8,13,15H,9-10H2,1-2H3,(H,20,24). The van der Waals surface area contributed by atoms with Crippen molar-refractivity contribution < 1.29 is 14.0 Å². The number of amides is 2. The molecule has 2 atom stereocenters. The van der Waals surface area contributed by atoms with Gasteiger partial charge >= 0.3 is 0 Å². The maximum atomic E-state index is 12.9. The molecule has 0 aromatic carbocycles. The molecule has 3 aromatic heterocycles. The van der Waals surface area contributed by atoms with E-state index in [4.69, 9.17) is 4.42 Å². The lowest BCUT2D eigenvalue weighted by Crippen LogP contribution is -2.39. The zero-order valence-electron chi connectivity index (χ0n) is 14.5. The van der Waals surface area contributed by atoms with Gasteiger partial charge in [0.1, 0.15) is 11.5 Å². The van der Waals surface area contributed by atoms with E-state index in [9.17, 15) is 9.59 Å². The van der Waals surface area contributed by atoms with Gasteiger partial charge in [-0.1, -0.05) is 0 Å². The van der Waals surface area contributed by atoms with Crippen molar-refractivity contribution in [2.24, 2.45) is 0 Å². The molecule has 134 valence electrons. The number of nitrogens with zero attached hydrogens (tertiary/aromatic N) is 4. The molecule has 0 aliphatic carbocycles. The first-order valence-electron chi connectivity index (χ1n) is 8.44. The third-order valence-electron chi connectivity index (χ3n) is 4.58. The summed E-state index contributed by atoms with van der Waals surface area (Å²) in [4.78, 5) is 30.4. The molecule has 4 heterocycles. The van der Waals surface area contributed by atoms with Crippen LogP contribution >= 0.6 is 0 Å². The van der Waals surface area contributed by atoms with Crippen molar-refractivity contribution in [3.05, 3.63) is 53.9 Å². The van der Waals surface area contributed by atoms with Crippen molar-refractivity contribution in [1.29, 1.82) is 0 Å². The van der Waals surface area contributed by atoms with Crippen LogP contribution in [0.2, 0.25) is 0 Å². The molecule has 0 spiro atoms. The Hall–Kier alpha value is -3.16. The highest BCUT2D eigenvalue weighted by Gasteiger charge is 2.39. The van der Waals surface area contributed by atoms with Crippen LogP contribution < -0.4 is 5.32 Å². The van der Waals surface area contributed by atoms with E-state index in [0.29, 0.717) is 24.4 Å². The molecule has 2 amide bonds. The average Bonchev–Trinajstić information content (AvgIpc) is 3.31. The summed E-state index contributed by atoms with van der Waals surface area (Å²) in [6.45, 7) is 4.21. The van der Waals surface area contributed by atoms with Crippen molar-refractivity contribution in [3.8, 4) is 0 Å². The first-order valence-corrected chi connectivity index (χ1v) is 8.44. The number of likely N-dealkylation sites (tertiary alicyclic amines) is 1. The normalized spacial score (nSPS) is 19.8. The Morgan fingerprint density at radius 3 is 2.85 bits per heavy atom. The number of hydrogen-bond acceptors (Lipinski definition) is 5. The van der Waals surface area contributed by atoms with Gasteiger partial charge in [0.25, 0.3) is 5.91 Å². The molecule has 2 unspecified atom stereocenters. The first-order chi connectivity index (χ1) is 12.5. The summed E-state index contributed by atoms with van der Waals surface area (Å²) in [7, 11) is 0. The van der Waals surface area contributed by atoms with Crippen LogP contribution in [0.5, 0.6) is 0 Å². The van der Waals surface area contributed by atoms with Crippen LogP contribution in [0, 0.1) is 6.92 Å². The highest BCUT2D eigenvalue weighted by molar-refractivity contribution is 5.93. The number of nitrogens with one attached hydrogen (secondary N) is 1. The zero-order valence-corrected chi connectivity index (χ0v) is 14.5. The van der Waals surface area contributed by atoms with E-state index >= 15 is 0 Å². The number of aryl methyl sites for hydroxylation is 1. The van der Waals surface area contributed by atoms with Crippen LogP contribution in [-0.4, -0.2) is 50.4 Å². The van der Waals surface area contributed by atoms with E-state index in [0.717, 1.165) is 11.5 Å². The summed E-state index contributed by atoms with van der Waals surface area (Å²) >= 11 is 0. The Balaban J connectivity index is 1.60. The summed E-state index contributed by atoms with van der Waals surface area (Å²) in [5.74, 6) is 1.17. The maximum Gasteiger partial charge on any atom is 0.274 e.